The van der Waals surface area contributed by atoms with Gasteiger partial charge in [-0.15, -0.1) is 0 Å². The lowest BCUT2D eigenvalue weighted by molar-refractivity contribution is -0.148. The van der Waals surface area contributed by atoms with Crippen LogP contribution in [0, 0.1) is 5.92 Å². The van der Waals surface area contributed by atoms with E-state index in [0.29, 0.717) is 12.3 Å². The van der Waals surface area contributed by atoms with Gasteiger partial charge in [-0.2, -0.15) is 0 Å². The summed E-state index contributed by atoms with van der Waals surface area (Å²) in [7, 11) is 3.09. The predicted octanol–water partition coefficient (Wildman–Crippen LogP) is 2.81. The maximum Gasteiger partial charge on any atom is 0.325 e. The highest BCUT2D eigenvalue weighted by atomic mass is 16.5. The number of benzene rings is 1. The second-order valence-corrected chi connectivity index (χ2v) is 5.95. The summed E-state index contributed by atoms with van der Waals surface area (Å²) in [6, 6.07) is 7.93. The monoisotopic (exact) mass is 293 g/mol. The molecule has 0 saturated heterocycles. The largest absolute Gasteiger partial charge is 0.497 e. The van der Waals surface area contributed by atoms with E-state index < -0.39 is 5.54 Å². The summed E-state index contributed by atoms with van der Waals surface area (Å²) in [5, 5.41) is 3.34. The van der Waals surface area contributed by atoms with Gasteiger partial charge in [-0.05, 0) is 49.9 Å². The number of methoxy groups -OCH3 is 2. The number of esters is 1. The second kappa shape index (κ2) is 8.03. The van der Waals surface area contributed by atoms with Gasteiger partial charge >= 0.3 is 5.97 Å². The van der Waals surface area contributed by atoms with E-state index in [1.807, 2.05) is 31.2 Å². The molecule has 0 spiro atoms. The van der Waals surface area contributed by atoms with E-state index in [9.17, 15) is 4.79 Å². The number of nitrogens with one attached hydrogen (secondary N) is 1. The van der Waals surface area contributed by atoms with Gasteiger partial charge in [0.15, 0.2) is 0 Å². The van der Waals surface area contributed by atoms with Crippen molar-refractivity contribution in [1.82, 2.24) is 5.32 Å². The standard InChI is InChI=1S/C17H27NO3/c1-13(2)12-18-17(3,16(19)21-5)11-10-14-6-8-15(20-4)9-7-14/h6-9,13,18H,10-12H2,1-5H3. The highest BCUT2D eigenvalue weighted by Gasteiger charge is 2.33. The van der Waals surface area contributed by atoms with Crippen molar-refractivity contribution in [2.45, 2.75) is 39.2 Å². The molecule has 1 unspecified atom stereocenters. The number of carbonyl (C=O) groups excluding carboxylic acids is 1. The third-order valence-corrected chi connectivity index (χ3v) is 3.61. The molecule has 4 heteroatoms. The molecule has 1 atom stereocenters. The van der Waals surface area contributed by atoms with E-state index in [4.69, 9.17) is 9.47 Å². The molecular formula is C17H27NO3. The first-order chi connectivity index (χ1) is 9.91. The van der Waals surface area contributed by atoms with Crippen LogP contribution in [0.15, 0.2) is 24.3 Å². The van der Waals surface area contributed by atoms with Crippen LogP contribution >= 0.6 is 0 Å². The summed E-state index contributed by atoms with van der Waals surface area (Å²) < 4.78 is 10.1. The Kier molecular flexibility index (Phi) is 6.69. The minimum absolute atomic E-state index is 0.211. The predicted molar refractivity (Wildman–Crippen MR) is 84.6 cm³/mol. The number of carbonyl (C=O) groups is 1. The van der Waals surface area contributed by atoms with Crippen LogP contribution in [-0.2, 0) is 16.0 Å². The first-order valence-corrected chi connectivity index (χ1v) is 7.37. The van der Waals surface area contributed by atoms with Crippen molar-refractivity contribution in [3.05, 3.63) is 29.8 Å². The fourth-order valence-electron chi connectivity index (χ4n) is 2.10. The summed E-state index contributed by atoms with van der Waals surface area (Å²) in [5.74, 6) is 1.11. The Morgan fingerprint density at radius 2 is 1.86 bits per heavy atom. The summed E-state index contributed by atoms with van der Waals surface area (Å²) in [6.45, 7) is 6.93. The van der Waals surface area contributed by atoms with E-state index in [0.717, 1.165) is 18.7 Å². The van der Waals surface area contributed by atoms with Crippen LogP contribution < -0.4 is 10.1 Å². The lowest BCUT2D eigenvalue weighted by Gasteiger charge is -2.29. The first kappa shape index (κ1) is 17.5. The van der Waals surface area contributed by atoms with Crippen molar-refractivity contribution < 1.29 is 14.3 Å². The summed E-state index contributed by atoms with van der Waals surface area (Å²) in [5.41, 5.74) is 0.524. The summed E-state index contributed by atoms with van der Waals surface area (Å²) in [6.07, 6.45) is 1.50. The number of aryl methyl sites for hydroxylation is 1. The molecule has 0 aromatic heterocycles. The van der Waals surface area contributed by atoms with Crippen molar-refractivity contribution in [2.24, 2.45) is 5.92 Å². The molecule has 21 heavy (non-hydrogen) atoms. The van der Waals surface area contributed by atoms with Crippen LogP contribution in [0.3, 0.4) is 0 Å². The maximum absolute atomic E-state index is 12.1. The van der Waals surface area contributed by atoms with Crippen LogP contribution in [0.25, 0.3) is 0 Å². The number of ether oxygens (including phenoxy) is 2. The highest BCUT2D eigenvalue weighted by molar-refractivity contribution is 5.80. The van der Waals surface area contributed by atoms with Crippen LogP contribution in [0.4, 0.5) is 0 Å². The molecule has 0 heterocycles. The quantitative estimate of drug-likeness (QED) is 0.749. The SMILES string of the molecule is COC(=O)C(C)(CCc1ccc(OC)cc1)NCC(C)C. The molecule has 0 aliphatic heterocycles. The maximum atomic E-state index is 12.1. The normalized spacial score (nSPS) is 13.8. The van der Waals surface area contributed by atoms with Crippen molar-refractivity contribution in [3.8, 4) is 5.75 Å². The van der Waals surface area contributed by atoms with Gasteiger partial charge in [-0.25, -0.2) is 0 Å². The number of hydrogen-bond donors (Lipinski definition) is 1. The Morgan fingerprint density at radius 1 is 1.24 bits per heavy atom. The zero-order valence-electron chi connectivity index (χ0n) is 13.7. The fourth-order valence-corrected chi connectivity index (χ4v) is 2.10. The third-order valence-electron chi connectivity index (χ3n) is 3.61. The molecule has 0 bridgehead atoms. The van der Waals surface area contributed by atoms with Gasteiger partial charge in [0.2, 0.25) is 0 Å². The van der Waals surface area contributed by atoms with E-state index in [-0.39, 0.29) is 5.97 Å². The second-order valence-electron chi connectivity index (χ2n) is 5.95. The summed E-state index contributed by atoms with van der Waals surface area (Å²) >= 11 is 0. The highest BCUT2D eigenvalue weighted by Crippen LogP contribution is 2.18. The minimum Gasteiger partial charge on any atom is -0.497 e. The third kappa shape index (κ3) is 5.38. The van der Waals surface area contributed by atoms with Crippen molar-refractivity contribution >= 4 is 5.97 Å². The molecule has 0 aliphatic rings. The Bertz CT molecular complexity index is 442. The molecule has 1 aromatic rings. The van der Waals surface area contributed by atoms with Crippen LogP contribution in [0.5, 0.6) is 5.75 Å². The van der Waals surface area contributed by atoms with Gasteiger partial charge in [0, 0.05) is 0 Å². The van der Waals surface area contributed by atoms with Crippen LogP contribution in [-0.4, -0.2) is 32.3 Å². The van der Waals surface area contributed by atoms with Crippen molar-refractivity contribution in [1.29, 1.82) is 0 Å². The van der Waals surface area contributed by atoms with E-state index in [2.05, 4.69) is 19.2 Å². The van der Waals surface area contributed by atoms with Gasteiger partial charge < -0.3 is 14.8 Å². The molecule has 0 aliphatic carbocycles. The Morgan fingerprint density at radius 3 is 2.33 bits per heavy atom. The molecule has 0 radical (unpaired) electrons. The minimum atomic E-state index is -0.654. The van der Waals surface area contributed by atoms with Gasteiger partial charge in [0.1, 0.15) is 11.3 Å². The average Bonchev–Trinajstić information content (AvgIpc) is 2.50. The van der Waals surface area contributed by atoms with Gasteiger partial charge in [0.05, 0.1) is 14.2 Å². The molecular weight excluding hydrogens is 266 g/mol. The molecule has 0 saturated carbocycles. The number of hydrogen-bond acceptors (Lipinski definition) is 4. The molecule has 1 rings (SSSR count). The first-order valence-electron chi connectivity index (χ1n) is 7.37. The molecule has 0 fully saturated rings. The smallest absolute Gasteiger partial charge is 0.325 e. The van der Waals surface area contributed by atoms with E-state index in [1.165, 1.54) is 12.7 Å². The van der Waals surface area contributed by atoms with E-state index >= 15 is 0 Å². The number of rotatable bonds is 8. The van der Waals surface area contributed by atoms with Crippen molar-refractivity contribution in [2.75, 3.05) is 20.8 Å². The van der Waals surface area contributed by atoms with E-state index in [1.54, 1.807) is 7.11 Å². The van der Waals surface area contributed by atoms with Gasteiger partial charge in [-0.3, -0.25) is 4.79 Å². The van der Waals surface area contributed by atoms with Crippen molar-refractivity contribution in [3.63, 3.8) is 0 Å². The lowest BCUT2D eigenvalue weighted by Crippen LogP contribution is -2.51. The Hall–Kier alpha value is -1.55. The van der Waals surface area contributed by atoms with Crippen LogP contribution in [0.1, 0.15) is 32.8 Å². The topological polar surface area (TPSA) is 47.6 Å². The molecule has 0 amide bonds. The van der Waals surface area contributed by atoms with Gasteiger partial charge in [-0.1, -0.05) is 26.0 Å². The Balaban J connectivity index is 2.69. The molecule has 4 nitrogen and oxygen atoms in total. The average molecular weight is 293 g/mol. The zero-order chi connectivity index (χ0) is 15.9. The molecule has 118 valence electrons. The lowest BCUT2D eigenvalue weighted by atomic mass is 9.92. The van der Waals surface area contributed by atoms with Crippen LogP contribution in [0.2, 0.25) is 0 Å². The fraction of sp³-hybridized carbons (Fsp3) is 0.588. The molecule has 1 aromatic carbocycles. The Labute approximate surface area is 127 Å². The summed E-state index contributed by atoms with van der Waals surface area (Å²) in [4.78, 5) is 12.1. The molecule has 1 N–H and O–H groups in total. The zero-order valence-corrected chi connectivity index (χ0v) is 13.7. The van der Waals surface area contributed by atoms with Gasteiger partial charge in [0.25, 0.3) is 0 Å².